The summed E-state index contributed by atoms with van der Waals surface area (Å²) in [6.07, 6.45) is 10.5. The van der Waals surface area contributed by atoms with E-state index in [4.69, 9.17) is 0 Å². The number of thioether (sulfide) groups is 1. The molecular weight excluding hydrogens is 466 g/mol. The van der Waals surface area contributed by atoms with Crippen LogP contribution in [0.25, 0.3) is 0 Å². The maximum Gasteiger partial charge on any atom is 0.264 e. The van der Waals surface area contributed by atoms with Crippen LogP contribution >= 0.6 is 23.1 Å². The van der Waals surface area contributed by atoms with Gasteiger partial charge in [0.1, 0.15) is 0 Å². The maximum atomic E-state index is 13.3. The summed E-state index contributed by atoms with van der Waals surface area (Å²) in [6, 6.07) is 1.75. The first-order valence-corrected chi connectivity index (χ1v) is 13.5. The van der Waals surface area contributed by atoms with E-state index in [-0.39, 0.29) is 17.6 Å². The monoisotopic (exact) mass is 493 g/mol. The lowest BCUT2D eigenvalue weighted by molar-refractivity contribution is -0.118. The van der Waals surface area contributed by atoms with E-state index in [1.807, 2.05) is 18.0 Å². The van der Waals surface area contributed by atoms with Gasteiger partial charge in [0, 0.05) is 43.9 Å². The van der Waals surface area contributed by atoms with Gasteiger partial charge in [-0.15, -0.1) is 11.3 Å². The molecular formula is C25H27N5O2S2. The van der Waals surface area contributed by atoms with Crippen molar-refractivity contribution in [3.63, 3.8) is 0 Å². The van der Waals surface area contributed by atoms with Crippen molar-refractivity contribution < 1.29 is 9.59 Å². The van der Waals surface area contributed by atoms with Crippen molar-refractivity contribution in [2.24, 2.45) is 0 Å². The van der Waals surface area contributed by atoms with Crippen molar-refractivity contribution >= 4 is 34.9 Å². The number of aromatic nitrogens is 3. The fourth-order valence-electron chi connectivity index (χ4n) is 4.70. The lowest BCUT2D eigenvalue weighted by Crippen LogP contribution is -2.37. The predicted molar refractivity (Wildman–Crippen MR) is 133 cm³/mol. The fourth-order valence-corrected chi connectivity index (χ4v) is 6.46. The molecule has 0 radical (unpaired) electrons. The van der Waals surface area contributed by atoms with Gasteiger partial charge in [0.15, 0.2) is 5.16 Å². The van der Waals surface area contributed by atoms with Gasteiger partial charge in [-0.05, 0) is 78.3 Å². The molecule has 7 nitrogen and oxygen atoms in total. The van der Waals surface area contributed by atoms with Gasteiger partial charge >= 0.3 is 0 Å². The highest BCUT2D eigenvalue weighted by molar-refractivity contribution is 7.99. The number of nitrogens with one attached hydrogen (secondary N) is 1. The Balaban J connectivity index is 1.24. The second kappa shape index (κ2) is 10.2. The van der Waals surface area contributed by atoms with Crippen LogP contribution in [0.5, 0.6) is 0 Å². The number of carbonyl (C=O) groups excluding carboxylic acids is 2. The Bertz CT molecular complexity index is 1210. The third kappa shape index (κ3) is 4.86. The SMILES string of the molecule is Cc1ncc2c(c1CNC(=O)CSc1ncccn1)CCN(C(=O)c1scc3c1CCCC3)C2. The smallest absolute Gasteiger partial charge is 0.264 e. The number of amides is 2. The molecule has 0 bridgehead atoms. The van der Waals surface area contributed by atoms with Crippen molar-refractivity contribution in [3.8, 4) is 0 Å². The van der Waals surface area contributed by atoms with E-state index in [2.05, 4.69) is 25.6 Å². The number of hydrogen-bond donors (Lipinski definition) is 1. The topological polar surface area (TPSA) is 88.1 Å². The molecule has 0 saturated heterocycles. The first kappa shape index (κ1) is 23.0. The van der Waals surface area contributed by atoms with Gasteiger partial charge in [0.25, 0.3) is 5.91 Å². The number of aryl methyl sites for hydroxylation is 2. The van der Waals surface area contributed by atoms with E-state index in [1.165, 1.54) is 41.3 Å². The largest absolute Gasteiger partial charge is 0.351 e. The number of rotatable bonds is 6. The van der Waals surface area contributed by atoms with Crippen LogP contribution in [-0.4, -0.2) is 44.0 Å². The van der Waals surface area contributed by atoms with Crippen LogP contribution in [0.4, 0.5) is 0 Å². The van der Waals surface area contributed by atoms with Gasteiger partial charge in [0.2, 0.25) is 5.91 Å². The Morgan fingerprint density at radius 1 is 1.09 bits per heavy atom. The molecule has 4 heterocycles. The van der Waals surface area contributed by atoms with Crippen molar-refractivity contribution in [3.05, 3.63) is 68.4 Å². The molecule has 9 heteroatoms. The van der Waals surface area contributed by atoms with Gasteiger partial charge in [-0.1, -0.05) is 11.8 Å². The second-order valence-electron chi connectivity index (χ2n) is 8.68. The zero-order valence-electron chi connectivity index (χ0n) is 19.2. The summed E-state index contributed by atoms with van der Waals surface area (Å²) < 4.78 is 0. The first-order valence-electron chi connectivity index (χ1n) is 11.6. The molecule has 0 unspecified atom stereocenters. The number of pyridine rings is 1. The van der Waals surface area contributed by atoms with Gasteiger partial charge in [0.05, 0.1) is 10.6 Å². The van der Waals surface area contributed by atoms with E-state index in [0.29, 0.717) is 24.8 Å². The molecule has 5 rings (SSSR count). The molecule has 0 spiro atoms. The molecule has 176 valence electrons. The minimum absolute atomic E-state index is 0.0652. The van der Waals surface area contributed by atoms with E-state index in [0.717, 1.165) is 41.0 Å². The van der Waals surface area contributed by atoms with Gasteiger partial charge in [-0.25, -0.2) is 9.97 Å². The van der Waals surface area contributed by atoms with E-state index in [9.17, 15) is 9.59 Å². The van der Waals surface area contributed by atoms with Crippen molar-refractivity contribution in [2.45, 2.75) is 57.3 Å². The molecule has 3 aromatic heterocycles. The lowest BCUT2D eigenvalue weighted by atomic mass is 9.92. The van der Waals surface area contributed by atoms with Crippen LogP contribution < -0.4 is 5.32 Å². The summed E-state index contributed by atoms with van der Waals surface area (Å²) in [7, 11) is 0. The minimum atomic E-state index is -0.0652. The van der Waals surface area contributed by atoms with Gasteiger partial charge in [-0.2, -0.15) is 0 Å². The summed E-state index contributed by atoms with van der Waals surface area (Å²) in [6.45, 7) is 3.66. The lowest BCUT2D eigenvalue weighted by Gasteiger charge is -2.30. The quantitative estimate of drug-likeness (QED) is 0.416. The minimum Gasteiger partial charge on any atom is -0.351 e. The molecule has 2 amide bonds. The number of hydrogen-bond acceptors (Lipinski definition) is 7. The molecule has 1 aliphatic carbocycles. The maximum absolute atomic E-state index is 13.3. The third-order valence-electron chi connectivity index (χ3n) is 6.52. The van der Waals surface area contributed by atoms with E-state index < -0.39 is 0 Å². The Kier molecular flexibility index (Phi) is 6.92. The molecule has 1 N–H and O–H groups in total. The Hall–Kier alpha value is -2.78. The zero-order valence-corrected chi connectivity index (χ0v) is 20.8. The Labute approximate surface area is 207 Å². The normalized spacial score (nSPS) is 14.9. The zero-order chi connectivity index (χ0) is 23.5. The Morgan fingerprint density at radius 3 is 2.76 bits per heavy atom. The summed E-state index contributed by atoms with van der Waals surface area (Å²) in [5.74, 6) is 0.345. The van der Waals surface area contributed by atoms with Crippen LogP contribution in [0.2, 0.25) is 0 Å². The average Bonchev–Trinajstić information content (AvgIpc) is 3.31. The van der Waals surface area contributed by atoms with Gasteiger partial charge in [-0.3, -0.25) is 14.6 Å². The molecule has 0 saturated carbocycles. The standard InChI is InChI=1S/C25H27N5O2S2/c1-16-21(12-29-22(31)15-34-25-26-8-4-9-27-25)19-7-10-30(13-18(19)11-28-16)24(32)23-20-6-3-2-5-17(20)14-33-23/h4,8-9,11,14H,2-3,5-7,10,12-13,15H2,1H3,(H,29,31). The molecule has 3 aromatic rings. The third-order valence-corrected chi connectivity index (χ3v) is 8.45. The first-order chi connectivity index (χ1) is 16.6. The van der Waals surface area contributed by atoms with Crippen LogP contribution in [0.15, 0.2) is 35.2 Å². The summed E-state index contributed by atoms with van der Waals surface area (Å²) >= 11 is 2.92. The fraction of sp³-hybridized carbons (Fsp3) is 0.400. The summed E-state index contributed by atoms with van der Waals surface area (Å²) in [4.78, 5) is 41.5. The van der Waals surface area contributed by atoms with Crippen LogP contribution in [0, 0.1) is 6.92 Å². The van der Waals surface area contributed by atoms with Crippen LogP contribution in [-0.2, 0) is 37.1 Å². The van der Waals surface area contributed by atoms with Crippen LogP contribution in [0.3, 0.4) is 0 Å². The number of fused-ring (bicyclic) bond motifs is 2. The summed E-state index contributed by atoms with van der Waals surface area (Å²) in [5, 5.41) is 5.78. The highest BCUT2D eigenvalue weighted by Crippen LogP contribution is 2.32. The molecule has 0 atom stereocenters. The van der Waals surface area contributed by atoms with E-state index >= 15 is 0 Å². The van der Waals surface area contributed by atoms with Crippen molar-refractivity contribution in [2.75, 3.05) is 12.3 Å². The van der Waals surface area contributed by atoms with Crippen molar-refractivity contribution in [1.82, 2.24) is 25.2 Å². The molecule has 1 aliphatic heterocycles. The number of thiophene rings is 1. The second-order valence-corrected chi connectivity index (χ2v) is 10.5. The number of nitrogens with zero attached hydrogens (tertiary/aromatic N) is 4. The van der Waals surface area contributed by atoms with E-state index in [1.54, 1.807) is 29.8 Å². The predicted octanol–water partition coefficient (Wildman–Crippen LogP) is 3.73. The molecule has 0 aromatic carbocycles. The summed E-state index contributed by atoms with van der Waals surface area (Å²) in [5.41, 5.74) is 6.91. The highest BCUT2D eigenvalue weighted by atomic mass is 32.2. The van der Waals surface area contributed by atoms with Crippen LogP contribution in [0.1, 0.15) is 56.0 Å². The molecule has 0 fully saturated rings. The highest BCUT2D eigenvalue weighted by Gasteiger charge is 2.28. The Morgan fingerprint density at radius 2 is 1.91 bits per heavy atom. The van der Waals surface area contributed by atoms with Crippen molar-refractivity contribution in [1.29, 1.82) is 0 Å². The number of carbonyl (C=O) groups is 2. The molecule has 2 aliphatic rings. The average molecular weight is 494 g/mol. The van der Waals surface area contributed by atoms with Gasteiger partial charge < -0.3 is 10.2 Å². The molecule has 34 heavy (non-hydrogen) atoms.